The topological polar surface area (TPSA) is 84.2 Å². The van der Waals surface area contributed by atoms with E-state index in [0.29, 0.717) is 16.6 Å². The van der Waals surface area contributed by atoms with Crippen molar-refractivity contribution in [1.29, 1.82) is 0 Å². The Bertz CT molecular complexity index is 969. The third-order valence-corrected chi connectivity index (χ3v) is 4.04. The predicted octanol–water partition coefficient (Wildman–Crippen LogP) is 2.89. The third kappa shape index (κ3) is 3.46. The molecule has 1 heterocycles. The van der Waals surface area contributed by atoms with Crippen LogP contribution in [0.25, 0.3) is 10.9 Å². The van der Waals surface area contributed by atoms with Gasteiger partial charge in [-0.15, -0.1) is 0 Å². The van der Waals surface area contributed by atoms with Crippen LogP contribution >= 0.6 is 15.9 Å². The molecule has 0 aliphatic carbocycles. The number of carbonyl (C=O) groups is 1. The molecule has 0 radical (unpaired) electrons. The molecule has 0 fully saturated rings. The lowest BCUT2D eigenvalue weighted by atomic mass is 10.2. The van der Waals surface area contributed by atoms with Crippen molar-refractivity contribution in [2.45, 2.75) is 13.0 Å². The molecule has 0 aliphatic rings. The lowest BCUT2D eigenvalue weighted by Crippen LogP contribution is -2.23. The summed E-state index contributed by atoms with van der Waals surface area (Å²) in [6.45, 7) is 0.202. The van der Waals surface area contributed by atoms with Gasteiger partial charge in [0.25, 0.3) is 5.56 Å². The van der Waals surface area contributed by atoms with E-state index in [-0.39, 0.29) is 30.2 Å². The van der Waals surface area contributed by atoms with Gasteiger partial charge in [-0.2, -0.15) is 0 Å². The van der Waals surface area contributed by atoms with Crippen LogP contribution in [0.2, 0.25) is 0 Å². The Morgan fingerprint density at radius 2 is 2.04 bits per heavy atom. The highest BCUT2D eigenvalue weighted by atomic mass is 79.9. The van der Waals surface area contributed by atoms with E-state index in [1.165, 1.54) is 17.0 Å². The molecule has 122 valence electrons. The molecular formula is C17H14BrN3O3. The van der Waals surface area contributed by atoms with Crippen LogP contribution in [0.1, 0.15) is 6.42 Å². The first-order chi connectivity index (χ1) is 11.5. The number of phenols is 1. The van der Waals surface area contributed by atoms with Crippen LogP contribution in [-0.2, 0) is 11.3 Å². The van der Waals surface area contributed by atoms with Gasteiger partial charge < -0.3 is 10.4 Å². The molecule has 3 rings (SSSR count). The normalized spacial score (nSPS) is 10.7. The average molecular weight is 388 g/mol. The van der Waals surface area contributed by atoms with E-state index in [2.05, 4.69) is 26.2 Å². The maximum absolute atomic E-state index is 12.4. The fourth-order valence-electron chi connectivity index (χ4n) is 2.30. The van der Waals surface area contributed by atoms with Gasteiger partial charge in [-0.3, -0.25) is 14.2 Å². The molecule has 0 saturated heterocycles. The second kappa shape index (κ2) is 6.84. The number of halogens is 1. The van der Waals surface area contributed by atoms with Crippen LogP contribution < -0.4 is 10.9 Å². The molecule has 0 aliphatic heterocycles. The first kappa shape index (κ1) is 16.2. The quantitative estimate of drug-likeness (QED) is 0.674. The van der Waals surface area contributed by atoms with E-state index in [4.69, 9.17) is 0 Å². The maximum atomic E-state index is 12.4. The van der Waals surface area contributed by atoms with Crippen LogP contribution in [0.15, 0.2) is 58.1 Å². The Labute approximate surface area is 145 Å². The summed E-state index contributed by atoms with van der Waals surface area (Å²) in [7, 11) is 0. The lowest BCUT2D eigenvalue weighted by Gasteiger charge is -2.09. The molecule has 2 N–H and O–H groups in total. The van der Waals surface area contributed by atoms with Gasteiger partial charge in [0.05, 0.1) is 22.9 Å². The second-order valence-corrected chi connectivity index (χ2v) is 6.14. The van der Waals surface area contributed by atoms with Gasteiger partial charge in [-0.25, -0.2) is 4.98 Å². The number of hydrogen-bond donors (Lipinski definition) is 2. The fraction of sp³-hybridized carbons (Fsp3) is 0.118. The Morgan fingerprint density at radius 3 is 2.83 bits per heavy atom. The number of fused-ring (bicyclic) bond motifs is 1. The van der Waals surface area contributed by atoms with Crippen molar-refractivity contribution < 1.29 is 9.90 Å². The third-order valence-electron chi connectivity index (χ3n) is 3.54. The Kier molecular flexibility index (Phi) is 4.61. The van der Waals surface area contributed by atoms with E-state index in [1.54, 1.807) is 30.3 Å². The van der Waals surface area contributed by atoms with Gasteiger partial charge in [-0.05, 0) is 30.3 Å². The zero-order valence-corrected chi connectivity index (χ0v) is 14.2. The molecule has 6 nitrogen and oxygen atoms in total. The Hall–Kier alpha value is -2.67. The molecule has 1 amide bonds. The highest BCUT2D eigenvalue weighted by molar-refractivity contribution is 9.10. The zero-order valence-electron chi connectivity index (χ0n) is 12.6. The van der Waals surface area contributed by atoms with Crippen LogP contribution in [0.5, 0.6) is 5.75 Å². The molecule has 0 unspecified atom stereocenters. The number of nitrogens with one attached hydrogen (secondary N) is 1. The number of carbonyl (C=O) groups excluding carboxylic acids is 1. The zero-order chi connectivity index (χ0) is 17.1. The van der Waals surface area contributed by atoms with Gasteiger partial charge in [0, 0.05) is 17.4 Å². The summed E-state index contributed by atoms with van der Waals surface area (Å²) < 4.78 is 2.20. The van der Waals surface area contributed by atoms with Gasteiger partial charge in [-0.1, -0.05) is 28.1 Å². The number of para-hydroxylation sites is 2. The number of amides is 1. The highest BCUT2D eigenvalue weighted by Crippen LogP contribution is 2.21. The van der Waals surface area contributed by atoms with E-state index in [9.17, 15) is 14.7 Å². The monoisotopic (exact) mass is 387 g/mol. The number of rotatable bonds is 4. The maximum Gasteiger partial charge on any atom is 0.261 e. The molecule has 0 bridgehead atoms. The molecule has 7 heteroatoms. The number of aromatic nitrogens is 2. The summed E-state index contributed by atoms with van der Waals surface area (Å²) in [5.74, 6) is -0.294. The van der Waals surface area contributed by atoms with Gasteiger partial charge >= 0.3 is 0 Å². The van der Waals surface area contributed by atoms with Crippen molar-refractivity contribution >= 4 is 38.4 Å². The van der Waals surface area contributed by atoms with E-state index in [0.717, 1.165) is 4.47 Å². The summed E-state index contributed by atoms with van der Waals surface area (Å²) in [5.41, 5.74) is 0.755. The Morgan fingerprint density at radius 1 is 1.25 bits per heavy atom. The minimum Gasteiger partial charge on any atom is -0.506 e. The number of aryl methyl sites for hydroxylation is 1. The van der Waals surface area contributed by atoms with Crippen molar-refractivity contribution in [1.82, 2.24) is 9.55 Å². The predicted molar refractivity (Wildman–Crippen MR) is 95.1 cm³/mol. The lowest BCUT2D eigenvalue weighted by molar-refractivity contribution is -0.116. The molecule has 24 heavy (non-hydrogen) atoms. The molecule has 3 aromatic rings. The molecule has 0 saturated carbocycles. The highest BCUT2D eigenvalue weighted by Gasteiger charge is 2.09. The van der Waals surface area contributed by atoms with Gasteiger partial charge in [0.1, 0.15) is 5.75 Å². The number of benzene rings is 2. The van der Waals surface area contributed by atoms with Gasteiger partial charge in [0.15, 0.2) is 0 Å². The summed E-state index contributed by atoms with van der Waals surface area (Å²) in [5, 5.41) is 12.8. The van der Waals surface area contributed by atoms with E-state index in [1.807, 2.05) is 6.07 Å². The van der Waals surface area contributed by atoms with Crippen molar-refractivity contribution in [2.75, 3.05) is 5.32 Å². The molecule has 0 atom stereocenters. The van der Waals surface area contributed by atoms with Crippen LogP contribution in [-0.4, -0.2) is 20.6 Å². The van der Waals surface area contributed by atoms with Crippen molar-refractivity contribution in [3.8, 4) is 5.75 Å². The van der Waals surface area contributed by atoms with Crippen LogP contribution in [0, 0.1) is 0 Å². The van der Waals surface area contributed by atoms with Crippen LogP contribution in [0.4, 0.5) is 5.69 Å². The first-order valence-electron chi connectivity index (χ1n) is 7.27. The smallest absolute Gasteiger partial charge is 0.261 e. The van der Waals surface area contributed by atoms with E-state index >= 15 is 0 Å². The summed E-state index contributed by atoms with van der Waals surface area (Å²) in [6, 6.07) is 11.8. The van der Waals surface area contributed by atoms with Gasteiger partial charge in [0.2, 0.25) is 5.91 Å². The summed E-state index contributed by atoms with van der Waals surface area (Å²) in [4.78, 5) is 28.7. The van der Waals surface area contributed by atoms with E-state index < -0.39 is 0 Å². The fourth-order valence-corrected chi connectivity index (χ4v) is 2.67. The largest absolute Gasteiger partial charge is 0.506 e. The standard InChI is InChI=1S/C17H14BrN3O3/c18-11-5-6-13-12(9-11)17(24)21(10-19-13)8-7-16(23)20-14-3-1-2-4-15(14)22/h1-6,9-10,22H,7-8H2,(H,20,23). The number of phenolic OH excluding ortho intramolecular Hbond substituents is 1. The molecule has 2 aromatic carbocycles. The SMILES string of the molecule is O=C(CCn1cnc2ccc(Br)cc2c1=O)Nc1ccccc1O. The van der Waals surface area contributed by atoms with Crippen molar-refractivity contribution in [3.05, 3.63) is 63.6 Å². The molecular weight excluding hydrogens is 374 g/mol. The molecule has 1 aromatic heterocycles. The molecule has 0 spiro atoms. The second-order valence-electron chi connectivity index (χ2n) is 5.22. The first-order valence-corrected chi connectivity index (χ1v) is 8.06. The average Bonchev–Trinajstić information content (AvgIpc) is 2.57. The number of anilines is 1. The number of aromatic hydroxyl groups is 1. The number of nitrogens with zero attached hydrogens (tertiary/aromatic N) is 2. The van der Waals surface area contributed by atoms with Crippen molar-refractivity contribution in [3.63, 3.8) is 0 Å². The van der Waals surface area contributed by atoms with Crippen molar-refractivity contribution in [2.24, 2.45) is 0 Å². The summed E-state index contributed by atoms with van der Waals surface area (Å²) in [6.07, 6.45) is 1.53. The Balaban J connectivity index is 1.74. The number of hydrogen-bond acceptors (Lipinski definition) is 4. The van der Waals surface area contributed by atoms with Crippen LogP contribution in [0.3, 0.4) is 0 Å². The summed E-state index contributed by atoms with van der Waals surface area (Å²) >= 11 is 3.33. The minimum absolute atomic E-state index is 0.000221. The minimum atomic E-state index is -0.294.